The number of nitrogens with zero attached hydrogens (tertiary/aromatic N) is 4. The summed E-state index contributed by atoms with van der Waals surface area (Å²) in [6, 6.07) is 5.65. The monoisotopic (exact) mass is 252 g/mol. The molecule has 2 aromatic heterocycles. The first-order valence-corrected chi connectivity index (χ1v) is 5.38. The van der Waals surface area contributed by atoms with Crippen LogP contribution in [-0.2, 0) is 0 Å². The van der Waals surface area contributed by atoms with E-state index in [0.29, 0.717) is 10.7 Å². The minimum absolute atomic E-state index is 0.0637. The van der Waals surface area contributed by atoms with Crippen LogP contribution in [0.15, 0.2) is 12.1 Å². The van der Waals surface area contributed by atoms with Gasteiger partial charge in [-0.1, -0.05) is 0 Å². The summed E-state index contributed by atoms with van der Waals surface area (Å²) >= 11 is 7.00. The average Bonchev–Trinajstić information content (AvgIpc) is 2.76. The molecule has 0 aromatic carbocycles. The molecule has 0 aliphatic rings. The Morgan fingerprint density at radius 1 is 1.38 bits per heavy atom. The first-order valence-electron chi connectivity index (χ1n) is 4.19. The van der Waals surface area contributed by atoms with Gasteiger partial charge in [0.15, 0.2) is 5.82 Å². The molecule has 0 atom stereocenters. The lowest BCUT2D eigenvalue weighted by molar-refractivity contribution is 0.379. The molecular formula is C9H5ClN4OS. The normalized spacial score (nSPS) is 9.81. The second-order valence-electron chi connectivity index (χ2n) is 2.69. The zero-order valence-electron chi connectivity index (χ0n) is 8.14. The Morgan fingerprint density at radius 3 is 2.81 bits per heavy atom. The van der Waals surface area contributed by atoms with E-state index in [1.165, 1.54) is 18.4 Å². The number of hydrogen-bond donors (Lipinski definition) is 0. The Bertz CT molecular complexity index is 563. The lowest BCUT2D eigenvalue weighted by Crippen LogP contribution is -1.96. The molecule has 7 heteroatoms. The Morgan fingerprint density at radius 2 is 2.19 bits per heavy atom. The molecular weight excluding hydrogens is 248 g/mol. The van der Waals surface area contributed by atoms with Gasteiger partial charge in [0.1, 0.15) is 10.9 Å². The van der Waals surface area contributed by atoms with Gasteiger partial charge < -0.3 is 4.74 Å². The molecule has 0 radical (unpaired) electrons. The first kappa shape index (κ1) is 10.8. The Labute approximate surface area is 100 Å². The van der Waals surface area contributed by atoms with Crippen LogP contribution in [-0.4, -0.2) is 22.1 Å². The molecule has 0 unspecified atom stereocenters. The number of nitriles is 1. The maximum atomic E-state index is 8.71. The summed E-state index contributed by atoms with van der Waals surface area (Å²) in [6.07, 6.45) is 0. The molecule has 0 N–H and O–H groups in total. The van der Waals surface area contributed by atoms with Crippen LogP contribution in [0.25, 0.3) is 10.7 Å². The maximum absolute atomic E-state index is 8.71. The molecule has 0 saturated carbocycles. The molecule has 2 aromatic rings. The van der Waals surface area contributed by atoms with Gasteiger partial charge in [0.05, 0.1) is 12.0 Å². The first-order chi connectivity index (χ1) is 7.72. The minimum atomic E-state index is 0.0637. The average molecular weight is 253 g/mol. The molecule has 0 saturated heterocycles. The standard InChI is InChI=1S/C9H5ClN4OS/c1-15-9-13-7(12-8(10)14-9)6-3-2-5(4-11)16-6/h2-3H,1H3. The fourth-order valence-corrected chi connectivity index (χ4v) is 1.94. The summed E-state index contributed by atoms with van der Waals surface area (Å²) in [5.74, 6) is 0.406. The van der Waals surface area contributed by atoms with Gasteiger partial charge in [-0.25, -0.2) is 0 Å². The van der Waals surface area contributed by atoms with E-state index in [1.807, 2.05) is 6.07 Å². The third-order valence-electron chi connectivity index (χ3n) is 1.71. The molecule has 0 amide bonds. The van der Waals surface area contributed by atoms with E-state index in [-0.39, 0.29) is 11.3 Å². The van der Waals surface area contributed by atoms with Crippen molar-refractivity contribution in [2.24, 2.45) is 0 Å². The highest BCUT2D eigenvalue weighted by molar-refractivity contribution is 7.15. The zero-order valence-corrected chi connectivity index (χ0v) is 9.71. The van der Waals surface area contributed by atoms with Crippen LogP contribution in [0.5, 0.6) is 6.01 Å². The van der Waals surface area contributed by atoms with Crippen LogP contribution < -0.4 is 4.74 Å². The fourth-order valence-electron chi connectivity index (χ4n) is 1.05. The van der Waals surface area contributed by atoms with Gasteiger partial charge in [0.2, 0.25) is 5.28 Å². The van der Waals surface area contributed by atoms with Gasteiger partial charge in [0.25, 0.3) is 0 Å². The van der Waals surface area contributed by atoms with Gasteiger partial charge >= 0.3 is 6.01 Å². The van der Waals surface area contributed by atoms with Crippen molar-refractivity contribution in [3.63, 3.8) is 0 Å². The maximum Gasteiger partial charge on any atom is 0.321 e. The summed E-state index contributed by atoms with van der Waals surface area (Å²) in [4.78, 5) is 13.1. The van der Waals surface area contributed by atoms with Crippen molar-refractivity contribution >= 4 is 22.9 Å². The van der Waals surface area contributed by atoms with Crippen molar-refractivity contribution in [3.8, 4) is 22.8 Å². The molecule has 0 spiro atoms. The van der Waals surface area contributed by atoms with Crippen LogP contribution in [0, 0.1) is 11.3 Å². The van der Waals surface area contributed by atoms with Crippen LogP contribution >= 0.6 is 22.9 Å². The molecule has 0 aliphatic carbocycles. The molecule has 0 fully saturated rings. The SMILES string of the molecule is COc1nc(Cl)nc(-c2ccc(C#N)s2)n1. The van der Waals surface area contributed by atoms with E-state index in [1.54, 1.807) is 12.1 Å². The quantitative estimate of drug-likeness (QED) is 0.819. The van der Waals surface area contributed by atoms with Crippen molar-refractivity contribution in [1.29, 1.82) is 5.26 Å². The number of aromatic nitrogens is 3. The Balaban J connectivity index is 2.47. The lowest BCUT2D eigenvalue weighted by Gasteiger charge is -2.00. The number of methoxy groups -OCH3 is 1. The second kappa shape index (κ2) is 4.43. The van der Waals surface area contributed by atoms with Gasteiger partial charge in [-0.2, -0.15) is 20.2 Å². The molecule has 2 heterocycles. The van der Waals surface area contributed by atoms with Crippen molar-refractivity contribution in [2.45, 2.75) is 0 Å². The van der Waals surface area contributed by atoms with E-state index in [4.69, 9.17) is 21.6 Å². The van der Waals surface area contributed by atoms with Gasteiger partial charge in [-0.15, -0.1) is 11.3 Å². The van der Waals surface area contributed by atoms with Crippen LogP contribution in [0.3, 0.4) is 0 Å². The van der Waals surface area contributed by atoms with Crippen LogP contribution in [0.4, 0.5) is 0 Å². The predicted molar refractivity (Wildman–Crippen MR) is 59.4 cm³/mol. The number of rotatable bonds is 2. The van der Waals surface area contributed by atoms with Crippen molar-refractivity contribution in [2.75, 3.05) is 7.11 Å². The molecule has 16 heavy (non-hydrogen) atoms. The number of thiophene rings is 1. The number of halogens is 1. The van der Waals surface area contributed by atoms with E-state index in [0.717, 1.165) is 4.88 Å². The smallest absolute Gasteiger partial charge is 0.321 e. The highest BCUT2D eigenvalue weighted by atomic mass is 35.5. The molecule has 0 aliphatic heterocycles. The largest absolute Gasteiger partial charge is 0.467 e. The fraction of sp³-hybridized carbons (Fsp3) is 0.111. The van der Waals surface area contributed by atoms with E-state index < -0.39 is 0 Å². The second-order valence-corrected chi connectivity index (χ2v) is 4.11. The van der Waals surface area contributed by atoms with Crippen molar-refractivity contribution < 1.29 is 4.74 Å². The molecule has 80 valence electrons. The van der Waals surface area contributed by atoms with E-state index in [9.17, 15) is 0 Å². The van der Waals surface area contributed by atoms with E-state index in [2.05, 4.69) is 15.0 Å². The number of ether oxygens (including phenoxy) is 1. The van der Waals surface area contributed by atoms with Gasteiger partial charge in [0, 0.05) is 0 Å². The van der Waals surface area contributed by atoms with Crippen LogP contribution in [0.2, 0.25) is 5.28 Å². The van der Waals surface area contributed by atoms with Crippen molar-refractivity contribution in [1.82, 2.24) is 15.0 Å². The third-order valence-corrected chi connectivity index (χ3v) is 2.86. The summed E-state index contributed by atoms with van der Waals surface area (Å²) in [6.45, 7) is 0. The molecule has 5 nitrogen and oxygen atoms in total. The van der Waals surface area contributed by atoms with Gasteiger partial charge in [-0.05, 0) is 23.7 Å². The van der Waals surface area contributed by atoms with E-state index >= 15 is 0 Å². The third kappa shape index (κ3) is 2.10. The molecule has 2 rings (SSSR count). The van der Waals surface area contributed by atoms with Crippen molar-refractivity contribution in [3.05, 3.63) is 22.3 Å². The summed E-state index contributed by atoms with van der Waals surface area (Å²) in [7, 11) is 1.45. The van der Waals surface area contributed by atoms with Crippen LogP contribution in [0.1, 0.15) is 4.88 Å². The minimum Gasteiger partial charge on any atom is -0.467 e. The summed E-state index contributed by atoms with van der Waals surface area (Å²) < 4.78 is 4.88. The highest BCUT2D eigenvalue weighted by Crippen LogP contribution is 2.26. The zero-order chi connectivity index (χ0) is 11.5. The number of hydrogen-bond acceptors (Lipinski definition) is 6. The Hall–Kier alpha value is -1.71. The Kier molecular flexibility index (Phi) is 2.99. The summed E-state index contributed by atoms with van der Waals surface area (Å²) in [5, 5.41) is 8.77. The summed E-state index contributed by atoms with van der Waals surface area (Å²) in [5.41, 5.74) is 0. The van der Waals surface area contributed by atoms with Gasteiger partial charge in [-0.3, -0.25) is 0 Å². The lowest BCUT2D eigenvalue weighted by atomic mass is 10.4. The topological polar surface area (TPSA) is 71.7 Å². The molecule has 0 bridgehead atoms. The predicted octanol–water partition coefficient (Wildman–Crippen LogP) is 2.13. The highest BCUT2D eigenvalue weighted by Gasteiger charge is 2.09.